The summed E-state index contributed by atoms with van der Waals surface area (Å²) in [5.41, 5.74) is 3.88. The van der Waals surface area contributed by atoms with Gasteiger partial charge >= 0.3 is 0 Å². The number of aromatic nitrogens is 4. The quantitative estimate of drug-likeness (QED) is 0.537. The van der Waals surface area contributed by atoms with Crippen molar-refractivity contribution in [3.8, 4) is 0 Å². The number of benzene rings is 1. The molecule has 1 saturated heterocycles. The highest BCUT2D eigenvalue weighted by Crippen LogP contribution is 2.30. The SMILES string of the molecule is Cn1cc(CN2CCC(c3cccc(Nc4cnccn4)n3)CC2)c2ccccc21. The lowest BCUT2D eigenvalue weighted by Gasteiger charge is -2.31. The molecule has 0 bridgehead atoms. The van der Waals surface area contributed by atoms with Crippen LogP contribution in [0.2, 0.25) is 0 Å². The van der Waals surface area contributed by atoms with Crippen LogP contribution in [0.1, 0.15) is 30.0 Å². The molecule has 1 aliphatic heterocycles. The molecule has 0 saturated carbocycles. The summed E-state index contributed by atoms with van der Waals surface area (Å²) in [5, 5.41) is 4.61. The highest BCUT2D eigenvalue weighted by molar-refractivity contribution is 5.83. The summed E-state index contributed by atoms with van der Waals surface area (Å²) in [6.45, 7) is 3.20. The van der Waals surface area contributed by atoms with Crippen molar-refractivity contribution in [3.63, 3.8) is 0 Å². The molecular weight excluding hydrogens is 372 g/mol. The predicted octanol–water partition coefficient (Wildman–Crippen LogP) is 4.49. The number of fused-ring (bicyclic) bond motifs is 1. The average Bonchev–Trinajstić information content (AvgIpc) is 3.11. The lowest BCUT2D eigenvalue weighted by molar-refractivity contribution is 0.204. The van der Waals surface area contributed by atoms with E-state index >= 15 is 0 Å². The molecule has 0 atom stereocenters. The molecule has 0 spiro atoms. The van der Waals surface area contributed by atoms with Crippen LogP contribution in [0.15, 0.2) is 67.3 Å². The van der Waals surface area contributed by atoms with Gasteiger partial charge in [0.2, 0.25) is 0 Å². The zero-order valence-electron chi connectivity index (χ0n) is 17.2. The number of hydrogen-bond donors (Lipinski definition) is 1. The van der Waals surface area contributed by atoms with Gasteiger partial charge in [-0.15, -0.1) is 0 Å². The molecule has 0 radical (unpaired) electrons. The van der Waals surface area contributed by atoms with Crippen LogP contribution in [0.25, 0.3) is 10.9 Å². The van der Waals surface area contributed by atoms with Gasteiger partial charge in [0, 0.05) is 54.7 Å². The summed E-state index contributed by atoms with van der Waals surface area (Å²) < 4.78 is 2.23. The normalized spacial score (nSPS) is 15.5. The summed E-state index contributed by atoms with van der Waals surface area (Å²) in [5.74, 6) is 2.04. The second kappa shape index (κ2) is 8.24. The van der Waals surface area contributed by atoms with E-state index in [-0.39, 0.29) is 0 Å². The Labute approximate surface area is 176 Å². The van der Waals surface area contributed by atoms with Crippen molar-refractivity contribution < 1.29 is 0 Å². The average molecular weight is 399 g/mol. The van der Waals surface area contributed by atoms with Crippen LogP contribution < -0.4 is 5.32 Å². The van der Waals surface area contributed by atoms with Gasteiger partial charge in [-0.25, -0.2) is 9.97 Å². The molecule has 1 fully saturated rings. The van der Waals surface area contributed by atoms with Crippen LogP contribution in [0.3, 0.4) is 0 Å². The zero-order chi connectivity index (χ0) is 20.3. The minimum atomic E-state index is 0.498. The first kappa shape index (κ1) is 18.8. The van der Waals surface area contributed by atoms with E-state index in [4.69, 9.17) is 4.98 Å². The molecular formula is C24H26N6. The minimum Gasteiger partial charge on any atom is -0.350 e. The Morgan fingerprint density at radius 3 is 2.70 bits per heavy atom. The molecule has 5 rings (SSSR count). The Hall–Kier alpha value is -3.25. The summed E-state index contributed by atoms with van der Waals surface area (Å²) in [4.78, 5) is 15.8. The molecule has 1 aliphatic rings. The Morgan fingerprint density at radius 1 is 1.00 bits per heavy atom. The van der Waals surface area contributed by atoms with Gasteiger partial charge in [-0.3, -0.25) is 9.88 Å². The number of pyridine rings is 1. The van der Waals surface area contributed by atoms with Crippen LogP contribution in [0.4, 0.5) is 11.6 Å². The maximum absolute atomic E-state index is 4.84. The number of para-hydroxylation sites is 1. The number of likely N-dealkylation sites (tertiary alicyclic amines) is 1. The second-order valence-electron chi connectivity index (χ2n) is 8.00. The zero-order valence-corrected chi connectivity index (χ0v) is 17.2. The summed E-state index contributed by atoms with van der Waals surface area (Å²) in [6.07, 6.45) is 9.59. The van der Waals surface area contributed by atoms with E-state index in [2.05, 4.69) is 74.4 Å². The highest BCUT2D eigenvalue weighted by Gasteiger charge is 2.22. The summed E-state index contributed by atoms with van der Waals surface area (Å²) in [7, 11) is 2.13. The Kier molecular flexibility index (Phi) is 5.15. The molecule has 1 N–H and O–H groups in total. The first-order chi connectivity index (χ1) is 14.8. The fourth-order valence-electron chi connectivity index (χ4n) is 4.42. The third-order valence-electron chi connectivity index (χ3n) is 5.97. The largest absolute Gasteiger partial charge is 0.350 e. The number of rotatable bonds is 5. The molecule has 3 aromatic heterocycles. The lowest BCUT2D eigenvalue weighted by Crippen LogP contribution is -2.32. The molecule has 4 heterocycles. The van der Waals surface area contributed by atoms with E-state index in [1.165, 1.54) is 16.5 Å². The molecule has 4 aromatic rings. The van der Waals surface area contributed by atoms with Crippen molar-refractivity contribution in [1.29, 1.82) is 0 Å². The monoisotopic (exact) mass is 398 g/mol. The van der Waals surface area contributed by atoms with Gasteiger partial charge in [0.25, 0.3) is 0 Å². The standard InChI is InChI=1S/C24H26N6/c1-29-16-19(20-5-2-3-7-22(20)29)17-30-13-9-18(10-14-30)21-6-4-8-23(27-21)28-24-15-25-11-12-26-24/h2-8,11-12,15-16,18H,9-10,13-14,17H2,1H3,(H,26,27,28). The van der Waals surface area contributed by atoms with E-state index < -0.39 is 0 Å². The molecule has 6 heteroatoms. The van der Waals surface area contributed by atoms with Gasteiger partial charge < -0.3 is 9.88 Å². The highest BCUT2D eigenvalue weighted by atomic mass is 15.1. The number of aryl methyl sites for hydroxylation is 1. The van der Waals surface area contributed by atoms with Crippen molar-refractivity contribution in [3.05, 3.63) is 78.5 Å². The Balaban J connectivity index is 1.23. The fraction of sp³-hybridized carbons (Fsp3) is 0.292. The number of piperidine rings is 1. The maximum atomic E-state index is 4.84. The minimum absolute atomic E-state index is 0.498. The van der Waals surface area contributed by atoms with Crippen molar-refractivity contribution in [1.82, 2.24) is 24.4 Å². The molecule has 0 aliphatic carbocycles. The van der Waals surface area contributed by atoms with Crippen molar-refractivity contribution in [2.75, 3.05) is 18.4 Å². The Bertz CT molecular complexity index is 1130. The molecule has 6 nitrogen and oxygen atoms in total. The van der Waals surface area contributed by atoms with Gasteiger partial charge in [0.05, 0.1) is 6.20 Å². The van der Waals surface area contributed by atoms with E-state index in [1.807, 2.05) is 6.07 Å². The summed E-state index contributed by atoms with van der Waals surface area (Å²) >= 11 is 0. The number of anilines is 2. The molecule has 0 unspecified atom stereocenters. The van der Waals surface area contributed by atoms with Crippen LogP contribution in [0.5, 0.6) is 0 Å². The van der Waals surface area contributed by atoms with Crippen LogP contribution >= 0.6 is 0 Å². The predicted molar refractivity (Wildman–Crippen MR) is 120 cm³/mol. The topological polar surface area (TPSA) is 58.9 Å². The van der Waals surface area contributed by atoms with Gasteiger partial charge in [0.1, 0.15) is 11.6 Å². The molecule has 30 heavy (non-hydrogen) atoms. The maximum Gasteiger partial charge on any atom is 0.150 e. The van der Waals surface area contributed by atoms with Crippen molar-refractivity contribution >= 4 is 22.5 Å². The van der Waals surface area contributed by atoms with Gasteiger partial charge in [0.15, 0.2) is 0 Å². The fourth-order valence-corrected chi connectivity index (χ4v) is 4.42. The number of nitrogens with zero attached hydrogens (tertiary/aromatic N) is 5. The van der Waals surface area contributed by atoms with E-state index in [0.717, 1.165) is 44.0 Å². The van der Waals surface area contributed by atoms with Gasteiger partial charge in [-0.05, 0) is 49.7 Å². The van der Waals surface area contributed by atoms with E-state index in [9.17, 15) is 0 Å². The first-order valence-corrected chi connectivity index (χ1v) is 10.5. The lowest BCUT2D eigenvalue weighted by atomic mass is 9.93. The summed E-state index contributed by atoms with van der Waals surface area (Å²) in [6, 6.07) is 14.9. The number of hydrogen-bond acceptors (Lipinski definition) is 5. The molecule has 1 aromatic carbocycles. The van der Waals surface area contributed by atoms with E-state index in [0.29, 0.717) is 11.7 Å². The first-order valence-electron chi connectivity index (χ1n) is 10.5. The van der Waals surface area contributed by atoms with Crippen LogP contribution in [-0.2, 0) is 13.6 Å². The van der Waals surface area contributed by atoms with Gasteiger partial charge in [-0.2, -0.15) is 0 Å². The number of nitrogens with one attached hydrogen (secondary N) is 1. The Morgan fingerprint density at radius 2 is 1.87 bits per heavy atom. The third kappa shape index (κ3) is 3.91. The van der Waals surface area contributed by atoms with Crippen LogP contribution in [0, 0.1) is 0 Å². The van der Waals surface area contributed by atoms with Crippen molar-refractivity contribution in [2.45, 2.75) is 25.3 Å². The van der Waals surface area contributed by atoms with E-state index in [1.54, 1.807) is 18.6 Å². The smallest absolute Gasteiger partial charge is 0.150 e. The molecule has 152 valence electrons. The second-order valence-corrected chi connectivity index (χ2v) is 8.00. The van der Waals surface area contributed by atoms with Crippen LogP contribution in [-0.4, -0.2) is 37.5 Å². The molecule has 0 amide bonds. The van der Waals surface area contributed by atoms with Gasteiger partial charge in [-0.1, -0.05) is 24.3 Å². The van der Waals surface area contributed by atoms with Crippen molar-refractivity contribution in [2.24, 2.45) is 7.05 Å². The third-order valence-corrected chi connectivity index (χ3v) is 5.97.